The van der Waals surface area contributed by atoms with Gasteiger partial charge in [-0.15, -0.1) is 0 Å². The first-order valence-electron chi connectivity index (χ1n) is 9.49. The maximum Gasteiger partial charge on any atom is 0.329 e. The molecule has 0 fully saturated rings. The number of hydrogen-bond acceptors (Lipinski definition) is 4. The predicted octanol–water partition coefficient (Wildman–Crippen LogP) is 2.14. The molecule has 0 aliphatic heterocycles. The van der Waals surface area contributed by atoms with Crippen LogP contribution in [0.5, 0.6) is 0 Å². The van der Waals surface area contributed by atoms with E-state index in [1.54, 1.807) is 30.8 Å². The number of carbonyl (C=O) groups excluding carboxylic acids is 2. The van der Waals surface area contributed by atoms with Crippen LogP contribution in [0.15, 0.2) is 64.5 Å². The largest absolute Gasteiger partial charge is 0.329 e. The number of carbonyl (C=O) groups is 2. The molecular weight excluding hydrogens is 382 g/mol. The maximum absolute atomic E-state index is 12.8. The Morgan fingerprint density at radius 2 is 1.70 bits per heavy atom. The molecule has 1 aromatic heterocycles. The van der Waals surface area contributed by atoms with Gasteiger partial charge in [-0.05, 0) is 36.6 Å². The van der Waals surface area contributed by atoms with Gasteiger partial charge in [0.2, 0.25) is 0 Å². The van der Waals surface area contributed by atoms with E-state index in [9.17, 15) is 14.4 Å². The Morgan fingerprint density at radius 1 is 1.03 bits per heavy atom. The molecule has 8 nitrogen and oxygen atoms in total. The van der Waals surface area contributed by atoms with Gasteiger partial charge in [0.25, 0.3) is 5.56 Å². The molecule has 3 rings (SSSR count). The van der Waals surface area contributed by atoms with E-state index in [1.807, 2.05) is 42.5 Å². The van der Waals surface area contributed by atoms with Crippen LogP contribution in [0, 0.1) is 6.92 Å². The summed E-state index contributed by atoms with van der Waals surface area (Å²) in [7, 11) is 1.70. The summed E-state index contributed by atoms with van der Waals surface area (Å²) in [6.07, 6.45) is 2.37. The number of hydrazone groups is 1. The van der Waals surface area contributed by atoms with E-state index in [0.717, 1.165) is 12.0 Å². The standard InChI is InChI=1S/C22H23N5O3/c1-4-16-10-12-17(13-11-16)14-23-25-21(29)20(28)24-19-15(2)26(3)27(22(19)30)18-8-6-5-7-9-18/h5-14H,4H2,1-3H3,(H,24,28)(H,25,29). The second kappa shape index (κ2) is 9.04. The lowest BCUT2D eigenvalue weighted by Crippen LogP contribution is -2.34. The molecule has 0 atom stereocenters. The Labute approximate surface area is 173 Å². The quantitative estimate of drug-likeness (QED) is 0.387. The molecule has 0 aliphatic carbocycles. The molecule has 2 N–H and O–H groups in total. The summed E-state index contributed by atoms with van der Waals surface area (Å²) in [5, 5.41) is 6.19. The van der Waals surface area contributed by atoms with Gasteiger partial charge in [0, 0.05) is 7.05 Å². The molecule has 2 amide bonds. The summed E-state index contributed by atoms with van der Waals surface area (Å²) in [6, 6.07) is 16.7. The second-order valence-corrected chi connectivity index (χ2v) is 6.68. The monoisotopic (exact) mass is 405 g/mol. The van der Waals surface area contributed by atoms with E-state index in [0.29, 0.717) is 11.4 Å². The number of benzene rings is 2. The van der Waals surface area contributed by atoms with Gasteiger partial charge in [0.15, 0.2) is 0 Å². The predicted molar refractivity (Wildman–Crippen MR) is 116 cm³/mol. The van der Waals surface area contributed by atoms with Crippen molar-refractivity contribution in [3.63, 3.8) is 0 Å². The molecule has 0 bridgehead atoms. The van der Waals surface area contributed by atoms with Crippen molar-refractivity contribution >= 4 is 23.7 Å². The van der Waals surface area contributed by atoms with Crippen LogP contribution >= 0.6 is 0 Å². The Balaban J connectivity index is 1.70. The first-order chi connectivity index (χ1) is 14.4. The SMILES string of the molecule is CCc1ccc(C=NNC(=O)C(=O)Nc2c(C)n(C)n(-c3ccccc3)c2=O)cc1. The van der Waals surface area contributed by atoms with Crippen molar-refractivity contribution in [1.29, 1.82) is 0 Å². The fraction of sp³-hybridized carbons (Fsp3) is 0.182. The highest BCUT2D eigenvalue weighted by Crippen LogP contribution is 2.13. The second-order valence-electron chi connectivity index (χ2n) is 6.68. The van der Waals surface area contributed by atoms with E-state index in [1.165, 1.54) is 16.5 Å². The van der Waals surface area contributed by atoms with Gasteiger partial charge in [-0.3, -0.25) is 19.1 Å². The smallest absolute Gasteiger partial charge is 0.311 e. The van der Waals surface area contributed by atoms with Crippen LogP contribution in [0.3, 0.4) is 0 Å². The molecule has 0 saturated heterocycles. The molecule has 0 spiro atoms. The van der Waals surface area contributed by atoms with Crippen LogP contribution in [0.1, 0.15) is 23.7 Å². The summed E-state index contributed by atoms with van der Waals surface area (Å²) in [5.74, 6) is -1.94. The number of nitrogens with zero attached hydrogens (tertiary/aromatic N) is 3. The molecule has 0 aliphatic rings. The molecular formula is C22H23N5O3. The lowest BCUT2D eigenvalue weighted by molar-refractivity contribution is -0.136. The van der Waals surface area contributed by atoms with E-state index >= 15 is 0 Å². The van der Waals surface area contributed by atoms with Gasteiger partial charge in [-0.1, -0.05) is 49.4 Å². The number of rotatable bonds is 5. The number of nitrogens with one attached hydrogen (secondary N) is 2. The zero-order chi connectivity index (χ0) is 21.7. The van der Waals surface area contributed by atoms with E-state index < -0.39 is 17.4 Å². The normalized spacial score (nSPS) is 10.9. The van der Waals surface area contributed by atoms with Crippen molar-refractivity contribution in [2.75, 3.05) is 5.32 Å². The Morgan fingerprint density at radius 3 is 2.33 bits per heavy atom. The van der Waals surface area contributed by atoms with Gasteiger partial charge >= 0.3 is 11.8 Å². The van der Waals surface area contributed by atoms with Crippen molar-refractivity contribution in [3.05, 3.63) is 81.8 Å². The van der Waals surface area contributed by atoms with Crippen LogP contribution in [-0.2, 0) is 23.1 Å². The summed E-state index contributed by atoms with van der Waals surface area (Å²) in [6.45, 7) is 3.75. The molecule has 1 heterocycles. The maximum atomic E-state index is 12.8. The molecule has 0 radical (unpaired) electrons. The highest BCUT2D eigenvalue weighted by molar-refractivity contribution is 6.39. The first-order valence-corrected chi connectivity index (χ1v) is 9.49. The lowest BCUT2D eigenvalue weighted by atomic mass is 10.1. The topological polar surface area (TPSA) is 97.5 Å². The number of aryl methyl sites for hydroxylation is 1. The molecule has 0 unspecified atom stereocenters. The van der Waals surface area contributed by atoms with E-state index in [2.05, 4.69) is 22.8 Å². The van der Waals surface area contributed by atoms with Gasteiger partial charge in [-0.2, -0.15) is 5.10 Å². The minimum atomic E-state index is -0.973. The zero-order valence-corrected chi connectivity index (χ0v) is 17.0. The highest BCUT2D eigenvalue weighted by Gasteiger charge is 2.21. The first kappa shape index (κ1) is 20.8. The third-order valence-electron chi connectivity index (χ3n) is 4.77. The number of hydrogen-bond donors (Lipinski definition) is 2. The van der Waals surface area contributed by atoms with Crippen LogP contribution in [-0.4, -0.2) is 27.4 Å². The fourth-order valence-corrected chi connectivity index (χ4v) is 2.94. The third kappa shape index (κ3) is 4.38. The van der Waals surface area contributed by atoms with Crippen LogP contribution in [0.4, 0.5) is 5.69 Å². The third-order valence-corrected chi connectivity index (χ3v) is 4.77. The zero-order valence-electron chi connectivity index (χ0n) is 17.0. The minimum Gasteiger partial charge on any atom is -0.311 e. The van der Waals surface area contributed by atoms with Gasteiger partial charge in [-0.25, -0.2) is 10.1 Å². The molecule has 0 saturated carbocycles. The lowest BCUT2D eigenvalue weighted by Gasteiger charge is -2.07. The molecule has 30 heavy (non-hydrogen) atoms. The van der Waals surface area contributed by atoms with Gasteiger partial charge in [0.05, 0.1) is 17.6 Å². The van der Waals surface area contributed by atoms with Gasteiger partial charge in [0.1, 0.15) is 5.69 Å². The average Bonchev–Trinajstić information content (AvgIpc) is 2.97. The summed E-state index contributed by atoms with van der Waals surface area (Å²) < 4.78 is 3.03. The van der Waals surface area contributed by atoms with Gasteiger partial charge < -0.3 is 5.32 Å². The van der Waals surface area contributed by atoms with Crippen molar-refractivity contribution < 1.29 is 9.59 Å². The minimum absolute atomic E-state index is 0.0423. The highest BCUT2D eigenvalue weighted by atomic mass is 16.2. The van der Waals surface area contributed by atoms with Crippen molar-refractivity contribution in [1.82, 2.24) is 14.8 Å². The van der Waals surface area contributed by atoms with Crippen LogP contribution in [0.25, 0.3) is 5.69 Å². The molecule has 2 aromatic carbocycles. The molecule has 8 heteroatoms. The fourth-order valence-electron chi connectivity index (χ4n) is 2.94. The molecule has 154 valence electrons. The number of para-hydroxylation sites is 1. The number of amides is 2. The van der Waals surface area contributed by atoms with Crippen molar-refractivity contribution in [2.45, 2.75) is 20.3 Å². The summed E-state index contributed by atoms with van der Waals surface area (Å²) in [5.41, 5.74) is 4.94. The Bertz CT molecular complexity index is 1140. The summed E-state index contributed by atoms with van der Waals surface area (Å²) in [4.78, 5) is 37.1. The van der Waals surface area contributed by atoms with Crippen LogP contribution < -0.4 is 16.3 Å². The summed E-state index contributed by atoms with van der Waals surface area (Å²) >= 11 is 0. The Hall–Kier alpha value is -3.94. The van der Waals surface area contributed by atoms with E-state index in [-0.39, 0.29) is 5.69 Å². The van der Waals surface area contributed by atoms with Crippen molar-refractivity contribution in [2.24, 2.45) is 12.1 Å². The van der Waals surface area contributed by atoms with Crippen molar-refractivity contribution in [3.8, 4) is 5.69 Å². The number of aromatic nitrogens is 2. The van der Waals surface area contributed by atoms with E-state index in [4.69, 9.17) is 0 Å². The number of anilines is 1. The van der Waals surface area contributed by atoms with Crippen LogP contribution in [0.2, 0.25) is 0 Å². The Kier molecular flexibility index (Phi) is 6.26. The molecule has 3 aromatic rings. The average molecular weight is 405 g/mol.